The summed E-state index contributed by atoms with van der Waals surface area (Å²) < 4.78 is 14.1. The summed E-state index contributed by atoms with van der Waals surface area (Å²) in [6, 6.07) is 22.7. The average Bonchev–Trinajstić information content (AvgIpc) is 3.81. The zero-order chi connectivity index (χ0) is 40.9. The van der Waals surface area contributed by atoms with E-state index < -0.39 is 5.97 Å². The third-order valence-corrected chi connectivity index (χ3v) is 12.2. The Morgan fingerprint density at radius 3 is 2.45 bits per heavy atom. The fraction of sp³-hybridized carbons (Fsp3) is 0.413. The van der Waals surface area contributed by atoms with Gasteiger partial charge in [0.15, 0.2) is 0 Å². The Hall–Kier alpha value is -4.61. The molecule has 1 saturated carbocycles. The first-order valence-corrected chi connectivity index (χ1v) is 21.0. The van der Waals surface area contributed by atoms with Crippen LogP contribution in [0.25, 0.3) is 33.2 Å². The van der Waals surface area contributed by atoms with Crippen molar-refractivity contribution >= 4 is 46.0 Å². The van der Waals surface area contributed by atoms with Crippen LogP contribution in [-0.4, -0.2) is 71.1 Å². The van der Waals surface area contributed by atoms with Gasteiger partial charge in [-0.05, 0) is 99.9 Å². The van der Waals surface area contributed by atoms with E-state index in [1.165, 1.54) is 0 Å². The average molecular weight is 827 g/mol. The molecular formula is C46H53Cl2N5O5. The number of hydrogen-bond acceptors (Lipinski definition) is 7. The van der Waals surface area contributed by atoms with Crippen LogP contribution in [-0.2, 0) is 29.2 Å². The molecule has 2 fully saturated rings. The first-order valence-electron chi connectivity index (χ1n) is 20.3. The number of aliphatic carboxylic acids is 1. The SMILES string of the molecule is COc1cc(Cn2ncc3c(-c4cccc(-c5ccc(CNC[C@@H]6CCC(=O)N6)c(OC(C)C)c5)c4Cl)cccc32)c(Cl)cc1CN(C)CC1CCC(C(=O)O)CC1. The third-order valence-electron chi connectivity index (χ3n) is 11.5. The van der Waals surface area contributed by atoms with Crippen molar-refractivity contribution in [3.05, 3.63) is 99.7 Å². The van der Waals surface area contributed by atoms with Gasteiger partial charge in [-0.3, -0.25) is 14.3 Å². The van der Waals surface area contributed by atoms with E-state index in [0.717, 1.165) is 100.0 Å². The van der Waals surface area contributed by atoms with Crippen LogP contribution < -0.4 is 20.1 Å². The molecule has 0 spiro atoms. The number of halogens is 2. The van der Waals surface area contributed by atoms with Crippen LogP contribution in [0.3, 0.4) is 0 Å². The lowest BCUT2D eigenvalue weighted by Gasteiger charge is -2.30. The lowest BCUT2D eigenvalue weighted by molar-refractivity contribution is -0.143. The van der Waals surface area contributed by atoms with Crippen LogP contribution in [0, 0.1) is 11.8 Å². The Balaban J connectivity index is 1.08. The van der Waals surface area contributed by atoms with E-state index in [-0.39, 0.29) is 24.0 Å². The molecule has 0 unspecified atom stereocenters. The number of benzene rings is 4. The van der Waals surface area contributed by atoms with Crippen LogP contribution in [0.2, 0.25) is 10.0 Å². The second-order valence-corrected chi connectivity index (χ2v) is 16.9. The molecule has 1 aromatic heterocycles. The Morgan fingerprint density at radius 2 is 1.72 bits per heavy atom. The number of aromatic nitrogens is 2. The Bertz CT molecular complexity index is 2270. The van der Waals surface area contributed by atoms with E-state index in [0.29, 0.717) is 48.6 Å². The van der Waals surface area contributed by atoms with Gasteiger partial charge >= 0.3 is 5.97 Å². The molecule has 1 saturated heterocycles. The maximum Gasteiger partial charge on any atom is 0.306 e. The molecule has 0 bridgehead atoms. The maximum atomic E-state index is 11.6. The van der Waals surface area contributed by atoms with Crippen molar-refractivity contribution in [1.29, 1.82) is 0 Å². The fourth-order valence-corrected chi connectivity index (χ4v) is 9.07. The molecule has 2 aliphatic rings. The molecule has 1 aliphatic carbocycles. The highest BCUT2D eigenvalue weighted by atomic mass is 35.5. The van der Waals surface area contributed by atoms with E-state index >= 15 is 0 Å². The first-order chi connectivity index (χ1) is 28.0. The van der Waals surface area contributed by atoms with Crippen LogP contribution in [0.1, 0.15) is 69.1 Å². The minimum absolute atomic E-state index is 0.0103. The number of carboxylic acids is 1. The smallest absolute Gasteiger partial charge is 0.306 e. The number of carbonyl (C=O) groups is 2. The molecule has 5 aromatic rings. The summed E-state index contributed by atoms with van der Waals surface area (Å²) in [6.45, 7) is 7.38. The van der Waals surface area contributed by atoms with Gasteiger partial charge in [0.2, 0.25) is 5.91 Å². The van der Waals surface area contributed by atoms with Gasteiger partial charge in [-0.1, -0.05) is 65.7 Å². The van der Waals surface area contributed by atoms with Gasteiger partial charge in [-0.15, -0.1) is 0 Å². The number of nitrogens with one attached hydrogen (secondary N) is 2. The van der Waals surface area contributed by atoms with Gasteiger partial charge in [0, 0.05) is 71.3 Å². The van der Waals surface area contributed by atoms with Crippen molar-refractivity contribution in [3.8, 4) is 33.8 Å². The van der Waals surface area contributed by atoms with E-state index in [9.17, 15) is 14.7 Å². The molecule has 4 aromatic carbocycles. The Morgan fingerprint density at radius 1 is 0.966 bits per heavy atom. The molecule has 58 heavy (non-hydrogen) atoms. The minimum atomic E-state index is -0.673. The van der Waals surface area contributed by atoms with E-state index in [4.69, 9.17) is 37.8 Å². The van der Waals surface area contributed by atoms with Crippen molar-refractivity contribution < 1.29 is 24.2 Å². The van der Waals surface area contributed by atoms with Gasteiger partial charge in [0.25, 0.3) is 0 Å². The highest BCUT2D eigenvalue weighted by Gasteiger charge is 2.27. The number of hydrogen-bond donors (Lipinski definition) is 3. The van der Waals surface area contributed by atoms with Crippen molar-refractivity contribution in [2.24, 2.45) is 11.8 Å². The molecular weight excluding hydrogens is 773 g/mol. The van der Waals surface area contributed by atoms with Gasteiger partial charge in [0.1, 0.15) is 11.5 Å². The summed E-state index contributed by atoms with van der Waals surface area (Å²) in [5.41, 5.74) is 7.64. The van der Waals surface area contributed by atoms with Crippen molar-refractivity contribution in [1.82, 2.24) is 25.3 Å². The number of nitrogens with zero attached hydrogens (tertiary/aromatic N) is 3. The molecule has 1 atom stereocenters. The topological polar surface area (TPSA) is 118 Å². The minimum Gasteiger partial charge on any atom is -0.496 e. The summed E-state index contributed by atoms with van der Waals surface area (Å²) >= 11 is 14.2. The summed E-state index contributed by atoms with van der Waals surface area (Å²) in [5.74, 6) is 1.28. The monoisotopic (exact) mass is 825 g/mol. The quantitative estimate of drug-likeness (QED) is 0.0902. The lowest BCUT2D eigenvalue weighted by Crippen LogP contribution is -2.35. The van der Waals surface area contributed by atoms with Crippen LogP contribution in [0.15, 0.2) is 72.9 Å². The van der Waals surface area contributed by atoms with Gasteiger partial charge in [0.05, 0.1) is 42.4 Å². The van der Waals surface area contributed by atoms with Crippen molar-refractivity contribution in [3.63, 3.8) is 0 Å². The second kappa shape index (κ2) is 18.5. The van der Waals surface area contributed by atoms with Gasteiger partial charge < -0.3 is 30.1 Å². The molecule has 2 heterocycles. The van der Waals surface area contributed by atoms with E-state index in [2.05, 4.69) is 52.9 Å². The van der Waals surface area contributed by atoms with Crippen LogP contribution >= 0.6 is 23.2 Å². The summed E-state index contributed by atoms with van der Waals surface area (Å²) in [5, 5.41) is 23.0. The predicted molar refractivity (Wildman–Crippen MR) is 231 cm³/mol. The molecule has 12 heteroatoms. The largest absolute Gasteiger partial charge is 0.496 e. The van der Waals surface area contributed by atoms with E-state index in [1.807, 2.05) is 61.1 Å². The lowest BCUT2D eigenvalue weighted by atomic mass is 9.82. The molecule has 306 valence electrons. The zero-order valence-corrected chi connectivity index (χ0v) is 35.2. The van der Waals surface area contributed by atoms with Crippen LogP contribution in [0.5, 0.6) is 11.5 Å². The second-order valence-electron chi connectivity index (χ2n) is 16.1. The first kappa shape index (κ1) is 41.5. The maximum absolute atomic E-state index is 11.6. The van der Waals surface area contributed by atoms with Crippen LogP contribution in [0.4, 0.5) is 0 Å². The highest BCUT2D eigenvalue weighted by Crippen LogP contribution is 2.41. The molecule has 1 aliphatic heterocycles. The van der Waals surface area contributed by atoms with Gasteiger partial charge in [-0.25, -0.2) is 0 Å². The molecule has 10 nitrogen and oxygen atoms in total. The summed E-state index contributed by atoms with van der Waals surface area (Å²) in [6.07, 6.45) is 6.66. The number of carboxylic acid groups (broad SMARTS) is 1. The summed E-state index contributed by atoms with van der Waals surface area (Å²) in [4.78, 5) is 25.3. The number of carbonyl (C=O) groups excluding carboxylic acids is 1. The number of fused-ring (bicyclic) bond motifs is 1. The zero-order valence-electron chi connectivity index (χ0n) is 33.7. The van der Waals surface area contributed by atoms with Gasteiger partial charge in [-0.2, -0.15) is 5.10 Å². The van der Waals surface area contributed by atoms with Crippen molar-refractivity contribution in [2.75, 3.05) is 27.2 Å². The number of rotatable bonds is 16. The summed E-state index contributed by atoms with van der Waals surface area (Å²) in [7, 11) is 3.78. The Kier molecular flexibility index (Phi) is 13.3. The van der Waals surface area contributed by atoms with E-state index in [1.54, 1.807) is 7.11 Å². The Labute approximate surface area is 350 Å². The standard InChI is InChI=1S/C46H53Cl2N5O5/c1-28(2)58-43-20-31(15-16-32(43)22-49-23-35-17-18-44(54)51-35)36-7-5-9-38(45(36)48)37-8-6-10-41-39(37)24-50-53(41)27-33-21-42(57-4)34(19-40(33)47)26-52(3)25-29-11-13-30(14-12-29)46(55)56/h5-10,15-16,19-21,24,28-30,35,49H,11-14,17-18,22-23,25-27H2,1-4H3,(H,51,54)(H,55,56)/t29?,30?,35-/m0/s1. The molecule has 3 N–H and O–H groups in total. The number of amides is 1. The highest BCUT2D eigenvalue weighted by molar-refractivity contribution is 6.36. The number of ether oxygens (including phenoxy) is 2. The molecule has 1 amide bonds. The fourth-order valence-electron chi connectivity index (χ4n) is 8.49. The molecule has 0 radical (unpaired) electrons. The predicted octanol–water partition coefficient (Wildman–Crippen LogP) is 9.21. The van der Waals surface area contributed by atoms with Crippen molar-refractivity contribution in [2.45, 2.75) is 84.2 Å². The third kappa shape index (κ3) is 9.63. The molecule has 7 rings (SSSR count). The normalized spacial score (nSPS) is 18.3. The number of methoxy groups -OCH3 is 1.